The van der Waals surface area contributed by atoms with Crippen LogP contribution in [0.1, 0.15) is 18.1 Å². The van der Waals surface area contributed by atoms with Gasteiger partial charge in [-0.25, -0.2) is 13.2 Å². The number of sulfonamides is 1. The lowest BCUT2D eigenvalue weighted by Gasteiger charge is -2.09. The van der Waals surface area contributed by atoms with Crippen LogP contribution in [0.3, 0.4) is 0 Å². The van der Waals surface area contributed by atoms with Gasteiger partial charge in [-0.05, 0) is 47.9 Å². The Morgan fingerprint density at radius 3 is 2.48 bits per heavy atom. The van der Waals surface area contributed by atoms with Gasteiger partial charge in [0.15, 0.2) is 0 Å². The fourth-order valence-corrected chi connectivity index (χ4v) is 3.04. The molecule has 0 amide bonds. The zero-order valence-electron chi connectivity index (χ0n) is 12.6. The van der Waals surface area contributed by atoms with E-state index in [1.807, 2.05) is 13.0 Å². The normalized spacial score (nSPS) is 11.5. The van der Waals surface area contributed by atoms with Gasteiger partial charge >= 0.3 is 5.97 Å². The van der Waals surface area contributed by atoms with E-state index in [-0.39, 0.29) is 4.90 Å². The largest absolute Gasteiger partial charge is 0.478 e. The van der Waals surface area contributed by atoms with Gasteiger partial charge in [0.1, 0.15) is 0 Å². The second-order valence-electron chi connectivity index (χ2n) is 4.90. The molecule has 0 saturated heterocycles. The number of hydrogen-bond donors (Lipinski definition) is 2. The van der Waals surface area contributed by atoms with Crippen LogP contribution in [0.5, 0.6) is 0 Å². The van der Waals surface area contributed by atoms with E-state index in [0.29, 0.717) is 11.3 Å². The topological polar surface area (TPSA) is 83.5 Å². The van der Waals surface area contributed by atoms with Crippen molar-refractivity contribution in [2.24, 2.45) is 0 Å². The number of carboxylic acid groups (broad SMARTS) is 1. The van der Waals surface area contributed by atoms with Crippen molar-refractivity contribution in [3.05, 3.63) is 65.7 Å². The monoisotopic (exact) mass is 331 g/mol. The lowest BCUT2D eigenvalue weighted by molar-refractivity contribution is -0.131. The molecule has 6 heteroatoms. The van der Waals surface area contributed by atoms with Crippen LogP contribution in [0.4, 0.5) is 5.69 Å². The van der Waals surface area contributed by atoms with E-state index in [4.69, 9.17) is 5.11 Å². The van der Waals surface area contributed by atoms with E-state index >= 15 is 0 Å². The van der Waals surface area contributed by atoms with Gasteiger partial charge in [-0.2, -0.15) is 0 Å². The number of nitrogens with one attached hydrogen (secondary N) is 1. The van der Waals surface area contributed by atoms with Crippen molar-refractivity contribution < 1.29 is 18.3 Å². The van der Waals surface area contributed by atoms with Gasteiger partial charge in [0.05, 0.1) is 4.90 Å². The summed E-state index contributed by atoms with van der Waals surface area (Å²) in [5.41, 5.74) is 2.16. The van der Waals surface area contributed by atoms with Crippen LogP contribution in [0, 0.1) is 0 Å². The maximum atomic E-state index is 12.4. The molecule has 23 heavy (non-hydrogen) atoms. The van der Waals surface area contributed by atoms with Crippen LogP contribution in [-0.2, 0) is 21.2 Å². The molecule has 0 unspecified atom stereocenters. The molecule has 0 spiro atoms. The molecule has 2 rings (SSSR count). The summed E-state index contributed by atoms with van der Waals surface area (Å²) in [7, 11) is -3.68. The summed E-state index contributed by atoms with van der Waals surface area (Å²) in [5.74, 6) is -1.06. The van der Waals surface area contributed by atoms with Crippen molar-refractivity contribution >= 4 is 27.8 Å². The fraction of sp³-hybridized carbons (Fsp3) is 0.118. The minimum Gasteiger partial charge on any atom is -0.478 e. The third kappa shape index (κ3) is 4.69. The number of benzene rings is 2. The highest BCUT2D eigenvalue weighted by Crippen LogP contribution is 2.18. The van der Waals surface area contributed by atoms with Crippen molar-refractivity contribution in [3.8, 4) is 0 Å². The summed E-state index contributed by atoms with van der Waals surface area (Å²) >= 11 is 0. The van der Waals surface area contributed by atoms with Crippen LogP contribution in [0.15, 0.2) is 59.5 Å². The zero-order valence-corrected chi connectivity index (χ0v) is 13.4. The molecule has 0 radical (unpaired) electrons. The molecular formula is C17H17NO4S. The average Bonchev–Trinajstić information content (AvgIpc) is 2.53. The van der Waals surface area contributed by atoms with Crippen LogP contribution in [0.25, 0.3) is 6.08 Å². The number of aryl methyl sites for hydroxylation is 1. The molecule has 2 N–H and O–H groups in total. The molecule has 0 atom stereocenters. The Morgan fingerprint density at radius 2 is 1.87 bits per heavy atom. The molecule has 0 fully saturated rings. The molecule has 0 saturated carbocycles. The fourth-order valence-electron chi connectivity index (χ4n) is 1.99. The Bertz CT molecular complexity index is 824. The van der Waals surface area contributed by atoms with E-state index in [1.54, 1.807) is 30.3 Å². The van der Waals surface area contributed by atoms with Crippen molar-refractivity contribution in [2.75, 3.05) is 4.72 Å². The summed E-state index contributed by atoms with van der Waals surface area (Å²) in [4.78, 5) is 10.6. The quantitative estimate of drug-likeness (QED) is 0.797. The van der Waals surface area contributed by atoms with Crippen LogP contribution in [0.2, 0.25) is 0 Å². The lowest BCUT2D eigenvalue weighted by Crippen LogP contribution is -2.13. The molecule has 2 aromatic rings. The molecule has 0 aliphatic heterocycles. The van der Waals surface area contributed by atoms with Crippen LogP contribution >= 0.6 is 0 Å². The van der Waals surface area contributed by atoms with Gasteiger partial charge in [-0.1, -0.05) is 31.2 Å². The number of hydrogen-bond acceptors (Lipinski definition) is 3. The first kappa shape index (κ1) is 16.8. The first-order valence-corrected chi connectivity index (χ1v) is 8.52. The van der Waals surface area contributed by atoms with E-state index in [1.165, 1.54) is 18.2 Å². The molecule has 0 aliphatic rings. The number of rotatable bonds is 6. The minimum atomic E-state index is -3.68. The smallest absolute Gasteiger partial charge is 0.328 e. The Hall–Kier alpha value is -2.60. The Labute approximate surface area is 135 Å². The number of aliphatic carboxylic acids is 1. The number of carboxylic acids is 1. The summed E-state index contributed by atoms with van der Waals surface area (Å²) < 4.78 is 27.2. The van der Waals surface area contributed by atoms with E-state index < -0.39 is 16.0 Å². The average molecular weight is 331 g/mol. The van der Waals surface area contributed by atoms with Gasteiger partial charge in [-0.3, -0.25) is 4.72 Å². The van der Waals surface area contributed by atoms with E-state index in [0.717, 1.165) is 18.1 Å². The summed E-state index contributed by atoms with van der Waals surface area (Å²) in [6.07, 6.45) is 3.22. The predicted octanol–water partition coefficient (Wildman–Crippen LogP) is 3.15. The maximum Gasteiger partial charge on any atom is 0.328 e. The zero-order chi connectivity index (χ0) is 16.9. The Morgan fingerprint density at radius 1 is 1.17 bits per heavy atom. The van der Waals surface area contributed by atoms with Crippen LogP contribution in [-0.4, -0.2) is 19.5 Å². The molecule has 120 valence electrons. The summed E-state index contributed by atoms with van der Waals surface area (Å²) in [6, 6.07) is 13.2. The first-order valence-electron chi connectivity index (χ1n) is 7.03. The predicted molar refractivity (Wildman–Crippen MR) is 89.7 cm³/mol. The second-order valence-corrected chi connectivity index (χ2v) is 6.58. The molecular weight excluding hydrogens is 314 g/mol. The number of carbonyl (C=O) groups is 1. The van der Waals surface area contributed by atoms with Gasteiger partial charge < -0.3 is 5.11 Å². The molecule has 0 aliphatic carbocycles. The lowest BCUT2D eigenvalue weighted by atomic mass is 10.1. The van der Waals surface area contributed by atoms with E-state index in [9.17, 15) is 13.2 Å². The molecule has 0 aromatic heterocycles. The van der Waals surface area contributed by atoms with Gasteiger partial charge in [0.2, 0.25) is 0 Å². The van der Waals surface area contributed by atoms with Crippen molar-refractivity contribution in [1.82, 2.24) is 0 Å². The SMILES string of the molecule is CCc1cccc(NS(=O)(=O)c2ccc(/C=C/C(=O)O)cc2)c1. The first-order chi connectivity index (χ1) is 10.9. The number of anilines is 1. The van der Waals surface area contributed by atoms with Gasteiger partial charge in [0, 0.05) is 11.8 Å². The van der Waals surface area contributed by atoms with E-state index in [2.05, 4.69) is 4.72 Å². The second kappa shape index (κ2) is 7.11. The highest BCUT2D eigenvalue weighted by atomic mass is 32.2. The molecule has 0 bridgehead atoms. The third-order valence-corrected chi connectivity index (χ3v) is 4.59. The standard InChI is InChI=1S/C17H17NO4S/c1-2-13-4-3-5-15(12-13)18-23(21,22)16-9-6-14(7-10-16)8-11-17(19)20/h3-12,18H,2H2,1H3,(H,19,20)/b11-8+. The van der Waals surface area contributed by atoms with Gasteiger partial charge in [-0.15, -0.1) is 0 Å². The molecule has 5 nitrogen and oxygen atoms in total. The Kier molecular flexibility index (Phi) is 5.18. The van der Waals surface area contributed by atoms with Crippen LogP contribution < -0.4 is 4.72 Å². The molecule has 2 aromatic carbocycles. The third-order valence-electron chi connectivity index (χ3n) is 3.20. The molecule has 0 heterocycles. The van der Waals surface area contributed by atoms with Gasteiger partial charge in [0.25, 0.3) is 10.0 Å². The summed E-state index contributed by atoms with van der Waals surface area (Å²) in [6.45, 7) is 2.00. The minimum absolute atomic E-state index is 0.117. The highest BCUT2D eigenvalue weighted by molar-refractivity contribution is 7.92. The highest BCUT2D eigenvalue weighted by Gasteiger charge is 2.13. The summed E-state index contributed by atoms with van der Waals surface area (Å²) in [5, 5.41) is 8.57. The van der Waals surface area contributed by atoms with Crippen molar-refractivity contribution in [2.45, 2.75) is 18.2 Å². The Balaban J connectivity index is 2.20. The van der Waals surface area contributed by atoms with Crippen molar-refractivity contribution in [3.63, 3.8) is 0 Å². The van der Waals surface area contributed by atoms with Crippen molar-refractivity contribution in [1.29, 1.82) is 0 Å². The maximum absolute atomic E-state index is 12.4.